The number of alkyl halides is 2. The van der Waals surface area contributed by atoms with Crippen LogP contribution in [0.4, 0.5) is 19.3 Å². The van der Waals surface area contributed by atoms with E-state index in [1.807, 2.05) is 6.07 Å². The molecule has 3 aliphatic heterocycles. The Morgan fingerprint density at radius 1 is 1.09 bits per heavy atom. The lowest BCUT2D eigenvalue weighted by molar-refractivity contribution is -0.120. The number of anilines is 1. The fourth-order valence-corrected chi connectivity index (χ4v) is 5.90. The Hall–Kier alpha value is -2.59. The van der Waals surface area contributed by atoms with Crippen LogP contribution in [0.25, 0.3) is 11.0 Å². The van der Waals surface area contributed by atoms with Gasteiger partial charge in [-0.3, -0.25) is 15.0 Å². The van der Waals surface area contributed by atoms with Gasteiger partial charge in [0.25, 0.3) is 5.92 Å². The number of hydrogen-bond acceptors (Lipinski definition) is 5. The second-order valence-electron chi connectivity index (χ2n) is 10.5. The van der Waals surface area contributed by atoms with Gasteiger partial charge in [0, 0.05) is 56.1 Å². The van der Waals surface area contributed by atoms with Crippen LogP contribution in [0.2, 0.25) is 0 Å². The monoisotopic (exact) mass is 486 g/mol. The van der Waals surface area contributed by atoms with Crippen molar-refractivity contribution in [3.8, 4) is 0 Å². The molecule has 0 spiro atoms. The first-order chi connectivity index (χ1) is 16.9. The Balaban J connectivity index is 1.20. The zero-order valence-electron chi connectivity index (χ0n) is 19.8. The van der Waals surface area contributed by atoms with Gasteiger partial charge in [0.1, 0.15) is 5.65 Å². The van der Waals surface area contributed by atoms with E-state index in [9.17, 15) is 18.4 Å². The molecule has 2 aromatic heterocycles. The molecule has 1 saturated carbocycles. The third kappa shape index (κ3) is 4.42. The lowest BCUT2D eigenvalue weighted by atomic mass is 9.92. The van der Waals surface area contributed by atoms with Gasteiger partial charge < -0.3 is 14.8 Å². The minimum Gasteiger partial charge on any atom is -0.329 e. The Kier molecular flexibility index (Phi) is 5.75. The van der Waals surface area contributed by atoms with Gasteiger partial charge >= 0.3 is 6.03 Å². The number of imide groups is 1. The van der Waals surface area contributed by atoms with Crippen LogP contribution in [0, 0.1) is 5.92 Å². The summed E-state index contributed by atoms with van der Waals surface area (Å²) in [5.41, 5.74) is 2.91. The number of carbonyl (C=O) groups is 2. The zero-order valence-corrected chi connectivity index (χ0v) is 19.8. The molecular formula is C25H32F2N6O2. The highest BCUT2D eigenvalue weighted by Gasteiger charge is 2.42. The Morgan fingerprint density at radius 3 is 2.60 bits per heavy atom. The van der Waals surface area contributed by atoms with E-state index in [4.69, 9.17) is 4.98 Å². The molecule has 35 heavy (non-hydrogen) atoms. The highest BCUT2D eigenvalue weighted by atomic mass is 19.3. The first kappa shape index (κ1) is 22.8. The predicted octanol–water partition coefficient (Wildman–Crippen LogP) is 3.24. The van der Waals surface area contributed by atoms with Crippen LogP contribution in [-0.4, -0.2) is 71.6 Å². The van der Waals surface area contributed by atoms with Crippen LogP contribution >= 0.6 is 0 Å². The normalized spacial score (nSPS) is 26.3. The third-order valence-corrected chi connectivity index (χ3v) is 8.13. The number of nitrogens with zero attached hydrogens (tertiary/aromatic N) is 4. The summed E-state index contributed by atoms with van der Waals surface area (Å²) in [6.45, 7) is 2.89. The van der Waals surface area contributed by atoms with Crippen molar-refractivity contribution in [3.63, 3.8) is 0 Å². The summed E-state index contributed by atoms with van der Waals surface area (Å²) in [7, 11) is 0. The van der Waals surface area contributed by atoms with E-state index >= 15 is 0 Å². The van der Waals surface area contributed by atoms with E-state index in [-0.39, 0.29) is 24.9 Å². The van der Waals surface area contributed by atoms with Crippen molar-refractivity contribution in [3.05, 3.63) is 24.0 Å². The SMILES string of the molecule is O=C1CCN(c2cnc3c(c2)c(C2CC2)cn3C2CCN(C[C@@H]3CCNCC3(F)F)CC2)C(=O)N1. The highest BCUT2D eigenvalue weighted by Crippen LogP contribution is 2.45. The molecular weight excluding hydrogens is 454 g/mol. The maximum absolute atomic E-state index is 14.3. The molecule has 6 rings (SSSR count). The fourth-order valence-electron chi connectivity index (χ4n) is 5.90. The number of hydrogen-bond donors (Lipinski definition) is 2. The molecule has 4 aliphatic rings. The standard InChI is InChI=1S/C25H32F2N6O2/c26-25(27)15-28-7-3-17(25)13-31-8-4-18(5-9-31)33-14-21(16-1-2-16)20-11-19(12-29-23(20)33)32-10-6-22(34)30-24(32)35/h11-12,14,16-18,28H,1-10,13,15H2,(H,30,34,35)/t17-/m0/s1. The van der Waals surface area contributed by atoms with Crippen LogP contribution < -0.4 is 15.5 Å². The summed E-state index contributed by atoms with van der Waals surface area (Å²) in [5, 5.41) is 6.27. The zero-order chi connectivity index (χ0) is 24.2. The summed E-state index contributed by atoms with van der Waals surface area (Å²) in [6, 6.07) is 1.92. The molecule has 1 aliphatic carbocycles. The summed E-state index contributed by atoms with van der Waals surface area (Å²) in [4.78, 5) is 32.5. The van der Waals surface area contributed by atoms with Gasteiger partial charge in [-0.2, -0.15) is 0 Å². The molecule has 0 aromatic carbocycles. The number of urea groups is 1. The average Bonchev–Trinajstić information content (AvgIpc) is 3.61. The van der Waals surface area contributed by atoms with E-state index in [1.165, 1.54) is 5.56 Å². The van der Waals surface area contributed by atoms with E-state index in [0.717, 1.165) is 49.8 Å². The molecule has 188 valence electrons. The molecule has 0 unspecified atom stereocenters. The third-order valence-electron chi connectivity index (χ3n) is 8.13. The van der Waals surface area contributed by atoms with Gasteiger partial charge in [0.2, 0.25) is 5.91 Å². The number of carbonyl (C=O) groups excluding carboxylic acids is 2. The molecule has 8 nitrogen and oxygen atoms in total. The van der Waals surface area contributed by atoms with Crippen LogP contribution in [0.3, 0.4) is 0 Å². The Morgan fingerprint density at radius 2 is 1.89 bits per heavy atom. The van der Waals surface area contributed by atoms with Crippen molar-refractivity contribution >= 4 is 28.7 Å². The number of halogens is 2. The maximum Gasteiger partial charge on any atom is 0.328 e. The molecule has 5 heterocycles. The molecule has 10 heteroatoms. The van der Waals surface area contributed by atoms with E-state index in [2.05, 4.69) is 26.3 Å². The first-order valence-corrected chi connectivity index (χ1v) is 12.8. The average molecular weight is 487 g/mol. The van der Waals surface area contributed by atoms with Crippen LogP contribution in [-0.2, 0) is 4.79 Å². The maximum atomic E-state index is 14.3. The minimum atomic E-state index is -2.63. The summed E-state index contributed by atoms with van der Waals surface area (Å²) in [6.07, 6.45) is 8.89. The van der Waals surface area contributed by atoms with Gasteiger partial charge in [-0.15, -0.1) is 0 Å². The smallest absolute Gasteiger partial charge is 0.328 e. The van der Waals surface area contributed by atoms with Gasteiger partial charge in [0.15, 0.2) is 0 Å². The highest BCUT2D eigenvalue weighted by molar-refractivity contribution is 6.06. The van der Waals surface area contributed by atoms with E-state index in [0.29, 0.717) is 37.7 Å². The van der Waals surface area contributed by atoms with E-state index in [1.54, 1.807) is 11.1 Å². The topological polar surface area (TPSA) is 82.5 Å². The van der Waals surface area contributed by atoms with Gasteiger partial charge in [0.05, 0.1) is 18.4 Å². The molecule has 1 atom stereocenters. The minimum absolute atomic E-state index is 0.212. The lowest BCUT2D eigenvalue weighted by Gasteiger charge is -2.38. The number of amides is 3. The molecule has 0 bridgehead atoms. The number of fused-ring (bicyclic) bond motifs is 1. The molecule has 2 aromatic rings. The first-order valence-electron chi connectivity index (χ1n) is 12.8. The molecule has 3 saturated heterocycles. The van der Waals surface area contributed by atoms with Gasteiger partial charge in [-0.05, 0) is 56.2 Å². The second-order valence-corrected chi connectivity index (χ2v) is 10.5. The largest absolute Gasteiger partial charge is 0.329 e. The number of aromatic nitrogens is 2. The van der Waals surface area contributed by atoms with E-state index < -0.39 is 17.9 Å². The molecule has 0 radical (unpaired) electrons. The number of likely N-dealkylation sites (tertiary alicyclic amines) is 1. The fraction of sp³-hybridized carbons (Fsp3) is 0.640. The van der Waals surface area contributed by atoms with Crippen molar-refractivity contribution in [2.24, 2.45) is 5.92 Å². The summed E-state index contributed by atoms with van der Waals surface area (Å²) in [5.74, 6) is -2.93. The quantitative estimate of drug-likeness (QED) is 0.678. The van der Waals surface area contributed by atoms with Crippen LogP contribution in [0.1, 0.15) is 56.0 Å². The number of rotatable bonds is 5. The predicted molar refractivity (Wildman–Crippen MR) is 128 cm³/mol. The van der Waals surface area contributed by atoms with Crippen LogP contribution in [0.15, 0.2) is 18.5 Å². The second kappa shape index (κ2) is 8.81. The number of nitrogens with one attached hydrogen (secondary N) is 2. The Bertz CT molecular complexity index is 1140. The Labute approximate surface area is 203 Å². The van der Waals surface area contributed by atoms with Crippen LogP contribution in [0.5, 0.6) is 0 Å². The molecule has 3 amide bonds. The van der Waals surface area contributed by atoms with Gasteiger partial charge in [-0.25, -0.2) is 18.6 Å². The summed E-state index contributed by atoms with van der Waals surface area (Å²) >= 11 is 0. The van der Waals surface area contributed by atoms with Crippen molar-refractivity contribution < 1.29 is 18.4 Å². The van der Waals surface area contributed by atoms with Gasteiger partial charge in [-0.1, -0.05) is 0 Å². The van der Waals surface area contributed by atoms with Crippen molar-refractivity contribution in [2.75, 3.05) is 44.2 Å². The number of piperidine rings is 2. The number of pyridine rings is 1. The van der Waals surface area contributed by atoms with Crippen molar-refractivity contribution in [1.29, 1.82) is 0 Å². The van der Waals surface area contributed by atoms with Crippen molar-refractivity contribution in [1.82, 2.24) is 25.1 Å². The lowest BCUT2D eigenvalue weighted by Crippen LogP contribution is -2.51. The summed E-state index contributed by atoms with van der Waals surface area (Å²) < 4.78 is 30.9. The van der Waals surface area contributed by atoms with Crippen molar-refractivity contribution in [2.45, 2.75) is 56.4 Å². The molecule has 4 fully saturated rings. The molecule has 2 N–H and O–H groups in total.